The quantitative estimate of drug-likeness (QED) is 0.450. The molecule has 0 saturated carbocycles. The maximum Gasteiger partial charge on any atom is 0.0382 e. The van der Waals surface area contributed by atoms with Gasteiger partial charge in [-0.05, 0) is 19.6 Å². The Kier molecular flexibility index (Phi) is 4.41. The molecule has 0 amide bonds. The number of hydrogen-bond donors (Lipinski definition) is 0. The summed E-state index contributed by atoms with van der Waals surface area (Å²) in [5.41, 5.74) is 0. The lowest BCUT2D eigenvalue weighted by Crippen LogP contribution is -1.71. The Morgan fingerprint density at radius 2 is 2.33 bits per heavy atom. The second-order valence-corrected chi connectivity index (χ2v) is 1.16. The van der Waals surface area contributed by atoms with Gasteiger partial charge in [-0.3, -0.25) is 4.99 Å². The molecule has 0 spiro atoms. The lowest BCUT2D eigenvalue weighted by atomic mass is 10.5. The Hall–Kier alpha value is -0.330. The van der Waals surface area contributed by atoms with Crippen molar-refractivity contribution in [2.45, 2.75) is 20.3 Å². The molecular weight excluding hydrogens is 74.1 g/mol. The van der Waals surface area contributed by atoms with Gasteiger partial charge < -0.3 is 0 Å². The Bertz CT molecular complexity index is 39.2. The van der Waals surface area contributed by atoms with Gasteiger partial charge >= 0.3 is 0 Å². The van der Waals surface area contributed by atoms with E-state index in [0.29, 0.717) is 0 Å². The molecule has 6 heavy (non-hydrogen) atoms. The van der Waals surface area contributed by atoms with Gasteiger partial charge in [-0.15, -0.1) is 0 Å². The zero-order valence-electron chi connectivity index (χ0n) is 4.44. The van der Waals surface area contributed by atoms with E-state index >= 15 is 0 Å². The molecule has 1 heteroatoms. The highest BCUT2D eigenvalue weighted by atomic mass is 14.7. The van der Waals surface area contributed by atoms with Crippen molar-refractivity contribution in [1.29, 1.82) is 0 Å². The van der Waals surface area contributed by atoms with Crippen LogP contribution in [0.1, 0.15) is 20.3 Å². The number of hydrogen-bond acceptors (Lipinski definition) is 1. The van der Waals surface area contributed by atoms with E-state index in [1.54, 1.807) is 0 Å². The average Bonchev–Trinajstić information content (AvgIpc) is 1.61. The molecule has 0 radical (unpaired) electrons. The maximum atomic E-state index is 3.97. The van der Waals surface area contributed by atoms with E-state index in [1.165, 1.54) is 0 Å². The molecule has 0 unspecified atom stereocenters. The van der Waals surface area contributed by atoms with Crippen molar-refractivity contribution in [2.75, 3.05) is 6.54 Å². The van der Waals surface area contributed by atoms with Crippen molar-refractivity contribution >= 4 is 6.21 Å². The summed E-state index contributed by atoms with van der Waals surface area (Å²) in [6, 6.07) is 0. The van der Waals surface area contributed by atoms with Crippen molar-refractivity contribution in [3.8, 4) is 0 Å². The van der Waals surface area contributed by atoms with Crippen LogP contribution in [0.25, 0.3) is 0 Å². The monoisotopic (exact) mass is 85.1 g/mol. The second-order valence-electron chi connectivity index (χ2n) is 1.16. The summed E-state index contributed by atoms with van der Waals surface area (Å²) in [4.78, 5) is 3.97. The Labute approximate surface area is 39.1 Å². The van der Waals surface area contributed by atoms with Crippen LogP contribution >= 0.6 is 0 Å². The van der Waals surface area contributed by atoms with E-state index in [2.05, 4.69) is 11.9 Å². The van der Waals surface area contributed by atoms with Crippen molar-refractivity contribution < 1.29 is 0 Å². The Balaban J connectivity index is 2.66. The van der Waals surface area contributed by atoms with Crippen LogP contribution in [0, 0.1) is 0 Å². The summed E-state index contributed by atoms with van der Waals surface area (Å²) < 4.78 is 0. The first-order valence-electron chi connectivity index (χ1n) is 2.36. The van der Waals surface area contributed by atoms with E-state index in [-0.39, 0.29) is 0 Å². The van der Waals surface area contributed by atoms with Crippen molar-refractivity contribution in [3.63, 3.8) is 0 Å². The topological polar surface area (TPSA) is 12.4 Å². The summed E-state index contributed by atoms with van der Waals surface area (Å²) >= 11 is 0. The van der Waals surface area contributed by atoms with Gasteiger partial charge in [0.15, 0.2) is 0 Å². The minimum absolute atomic E-state index is 0.983. The second kappa shape index (κ2) is 4.67. The summed E-state index contributed by atoms with van der Waals surface area (Å²) in [6.45, 7) is 5.04. The zero-order valence-corrected chi connectivity index (χ0v) is 4.44. The van der Waals surface area contributed by atoms with Gasteiger partial charge in [0.05, 0.1) is 0 Å². The fraction of sp³-hybridized carbons (Fsp3) is 0.800. The SMILES string of the molecule is C/C=N\CCC. The van der Waals surface area contributed by atoms with Gasteiger partial charge in [-0.1, -0.05) is 6.92 Å². The predicted octanol–water partition coefficient (Wildman–Crippen LogP) is 1.49. The van der Waals surface area contributed by atoms with Crippen LogP contribution in [0.4, 0.5) is 0 Å². The van der Waals surface area contributed by atoms with E-state index < -0.39 is 0 Å². The first-order chi connectivity index (χ1) is 2.91. The largest absolute Gasteiger partial charge is 0.298 e. The first-order valence-corrected chi connectivity index (χ1v) is 2.36. The molecule has 0 aliphatic carbocycles. The molecule has 0 aromatic rings. The third kappa shape index (κ3) is 3.67. The Morgan fingerprint density at radius 3 is 2.50 bits per heavy atom. The van der Waals surface area contributed by atoms with Gasteiger partial charge in [0, 0.05) is 6.54 Å². The smallest absolute Gasteiger partial charge is 0.0382 e. The first kappa shape index (κ1) is 5.67. The minimum atomic E-state index is 0.983. The van der Waals surface area contributed by atoms with Gasteiger partial charge in [0.25, 0.3) is 0 Å². The van der Waals surface area contributed by atoms with Gasteiger partial charge in [0.2, 0.25) is 0 Å². The predicted molar refractivity (Wildman–Crippen MR) is 29.3 cm³/mol. The molecule has 0 rings (SSSR count). The average molecular weight is 85.2 g/mol. The van der Waals surface area contributed by atoms with Crippen molar-refractivity contribution in [3.05, 3.63) is 0 Å². The molecule has 0 atom stereocenters. The van der Waals surface area contributed by atoms with E-state index in [9.17, 15) is 0 Å². The van der Waals surface area contributed by atoms with Crippen LogP contribution < -0.4 is 0 Å². The molecule has 0 N–H and O–H groups in total. The molecule has 0 heterocycles. The van der Waals surface area contributed by atoms with Gasteiger partial charge in [0.1, 0.15) is 0 Å². The van der Waals surface area contributed by atoms with E-state index in [0.717, 1.165) is 13.0 Å². The molecule has 0 aliphatic rings. The number of nitrogens with zero attached hydrogens (tertiary/aromatic N) is 1. The van der Waals surface area contributed by atoms with Crippen LogP contribution in [0.2, 0.25) is 0 Å². The molecule has 0 aliphatic heterocycles. The standard InChI is InChI=1S/C5H11N/c1-3-5-6-4-2/h4H,3,5H2,1-2H3/b6-4-. The summed E-state index contributed by atoms with van der Waals surface area (Å²) in [6.07, 6.45) is 2.99. The highest BCUT2D eigenvalue weighted by Gasteiger charge is 1.64. The van der Waals surface area contributed by atoms with Crippen LogP contribution in [0.15, 0.2) is 4.99 Å². The normalized spacial score (nSPS) is 10.3. The lowest BCUT2D eigenvalue weighted by molar-refractivity contribution is 0.936. The third-order valence-corrected chi connectivity index (χ3v) is 0.535. The maximum absolute atomic E-state index is 3.97. The highest BCUT2D eigenvalue weighted by Crippen LogP contribution is 1.72. The highest BCUT2D eigenvalue weighted by molar-refractivity contribution is 5.53. The molecule has 0 bridgehead atoms. The summed E-state index contributed by atoms with van der Waals surface area (Å²) in [5.74, 6) is 0. The molecular formula is C5H11N. The number of rotatable bonds is 2. The molecule has 0 saturated heterocycles. The van der Waals surface area contributed by atoms with Gasteiger partial charge in [-0.2, -0.15) is 0 Å². The molecule has 0 aromatic carbocycles. The minimum Gasteiger partial charge on any atom is -0.298 e. The Morgan fingerprint density at radius 1 is 1.67 bits per heavy atom. The van der Waals surface area contributed by atoms with Crippen LogP contribution in [-0.2, 0) is 0 Å². The zero-order chi connectivity index (χ0) is 4.83. The third-order valence-electron chi connectivity index (χ3n) is 0.535. The molecule has 1 nitrogen and oxygen atoms in total. The molecule has 0 aromatic heterocycles. The van der Waals surface area contributed by atoms with Crippen molar-refractivity contribution in [1.82, 2.24) is 0 Å². The fourth-order valence-electron chi connectivity index (χ4n) is 0.258. The van der Waals surface area contributed by atoms with Crippen LogP contribution in [-0.4, -0.2) is 12.8 Å². The van der Waals surface area contributed by atoms with E-state index in [1.807, 2.05) is 13.1 Å². The molecule has 0 fully saturated rings. The van der Waals surface area contributed by atoms with Gasteiger partial charge in [-0.25, -0.2) is 0 Å². The number of aliphatic imine (C=N–C) groups is 1. The molecule has 36 valence electrons. The lowest BCUT2D eigenvalue weighted by Gasteiger charge is -1.77. The van der Waals surface area contributed by atoms with Crippen molar-refractivity contribution in [2.24, 2.45) is 4.99 Å². The summed E-state index contributed by atoms with van der Waals surface area (Å²) in [7, 11) is 0. The van der Waals surface area contributed by atoms with Crippen LogP contribution in [0.3, 0.4) is 0 Å². The fourth-order valence-corrected chi connectivity index (χ4v) is 0.258. The summed E-state index contributed by atoms with van der Waals surface area (Å²) in [5, 5.41) is 0. The van der Waals surface area contributed by atoms with Crippen LogP contribution in [0.5, 0.6) is 0 Å². The van der Waals surface area contributed by atoms with E-state index in [4.69, 9.17) is 0 Å².